The van der Waals surface area contributed by atoms with Crippen LogP contribution in [0.5, 0.6) is 0 Å². The lowest BCUT2D eigenvalue weighted by molar-refractivity contribution is -0.129. The Morgan fingerprint density at radius 3 is 2.70 bits per heavy atom. The second-order valence-electron chi connectivity index (χ2n) is 5.82. The molecule has 1 atom stereocenters. The van der Waals surface area contributed by atoms with Gasteiger partial charge in [0.1, 0.15) is 0 Å². The smallest absolute Gasteiger partial charge is 0.407 e. The van der Waals surface area contributed by atoms with Crippen LogP contribution in [-0.4, -0.2) is 52.4 Å². The van der Waals surface area contributed by atoms with Gasteiger partial charge >= 0.3 is 6.09 Å². The number of rotatable bonds is 4. The topological polar surface area (TPSA) is 73.2 Å². The summed E-state index contributed by atoms with van der Waals surface area (Å²) in [5.74, 6) is 0.541. The summed E-state index contributed by atoms with van der Waals surface area (Å²) in [6, 6.07) is -0.354. The minimum absolute atomic E-state index is 0.00351. The molecule has 2 rings (SSSR count). The van der Waals surface area contributed by atoms with E-state index in [-0.39, 0.29) is 18.4 Å². The van der Waals surface area contributed by atoms with Crippen LogP contribution in [0.2, 0.25) is 0 Å². The Morgan fingerprint density at radius 2 is 2.10 bits per heavy atom. The molecule has 2 amide bonds. The first-order chi connectivity index (χ1) is 9.49. The van der Waals surface area contributed by atoms with Gasteiger partial charge in [-0.3, -0.25) is 4.79 Å². The van der Waals surface area contributed by atoms with Crippen molar-refractivity contribution in [3.05, 3.63) is 0 Å². The van der Waals surface area contributed by atoms with Crippen LogP contribution < -0.4 is 0 Å². The summed E-state index contributed by atoms with van der Waals surface area (Å²) < 4.78 is 0. The van der Waals surface area contributed by atoms with Crippen LogP contribution in [0.1, 0.15) is 45.4 Å². The number of hydrogen-bond acceptors (Lipinski definition) is 3. The molecule has 1 aliphatic heterocycles. The quantitative estimate of drug-likeness (QED) is 0.858. The average Bonchev–Trinajstić information content (AvgIpc) is 2.79. The van der Waals surface area contributed by atoms with Gasteiger partial charge in [0.05, 0.1) is 18.2 Å². The maximum atomic E-state index is 12.0. The summed E-state index contributed by atoms with van der Waals surface area (Å²) in [4.78, 5) is 24.1. The third-order valence-electron chi connectivity index (χ3n) is 4.39. The van der Waals surface area contributed by atoms with E-state index < -0.39 is 6.09 Å². The fourth-order valence-electron chi connectivity index (χ4n) is 2.87. The van der Waals surface area contributed by atoms with Crippen molar-refractivity contribution in [2.75, 3.05) is 13.6 Å². The number of carboxylic acid groups (broad SMARTS) is 1. The SMILES string of the molecule is CC(C1=NN(CC2CCCCC2)C(=O)C1)N(C)C(=O)O. The highest BCUT2D eigenvalue weighted by Crippen LogP contribution is 2.26. The lowest BCUT2D eigenvalue weighted by Crippen LogP contribution is -2.39. The number of carbonyl (C=O) groups excluding carboxylic acids is 1. The standard InChI is InChI=1S/C14H23N3O3/c1-10(16(2)14(19)20)12-8-13(18)17(15-12)9-11-6-4-3-5-7-11/h10-11H,3-9H2,1-2H3,(H,19,20). The first-order valence-electron chi connectivity index (χ1n) is 7.32. The molecule has 6 nitrogen and oxygen atoms in total. The highest BCUT2D eigenvalue weighted by atomic mass is 16.4. The number of nitrogens with zero attached hydrogens (tertiary/aromatic N) is 3. The van der Waals surface area contributed by atoms with Crippen molar-refractivity contribution in [3.63, 3.8) is 0 Å². The Balaban J connectivity index is 1.97. The molecule has 20 heavy (non-hydrogen) atoms. The largest absolute Gasteiger partial charge is 0.465 e. The van der Waals surface area contributed by atoms with Crippen LogP contribution in [0.4, 0.5) is 4.79 Å². The molecule has 0 spiro atoms. The summed E-state index contributed by atoms with van der Waals surface area (Å²) in [6.45, 7) is 2.45. The molecule has 1 fully saturated rings. The normalized spacial score (nSPS) is 21.8. The summed E-state index contributed by atoms with van der Waals surface area (Å²) in [5.41, 5.74) is 0.649. The van der Waals surface area contributed by atoms with Crippen LogP contribution in [-0.2, 0) is 4.79 Å². The number of amides is 2. The molecule has 0 saturated heterocycles. The van der Waals surface area contributed by atoms with E-state index in [4.69, 9.17) is 5.11 Å². The zero-order chi connectivity index (χ0) is 14.7. The van der Waals surface area contributed by atoms with E-state index in [0.29, 0.717) is 18.2 Å². The maximum absolute atomic E-state index is 12.0. The highest BCUT2D eigenvalue weighted by Gasteiger charge is 2.31. The summed E-state index contributed by atoms with van der Waals surface area (Å²) in [5, 5.41) is 14.9. The molecule has 0 aromatic carbocycles. The van der Waals surface area contributed by atoms with Crippen LogP contribution in [0.25, 0.3) is 0 Å². The van der Waals surface area contributed by atoms with Crippen molar-refractivity contribution in [1.82, 2.24) is 9.91 Å². The third kappa shape index (κ3) is 3.29. The highest BCUT2D eigenvalue weighted by molar-refractivity contribution is 6.07. The Kier molecular flexibility index (Phi) is 4.62. The Labute approximate surface area is 119 Å². The molecule has 0 radical (unpaired) electrons. The lowest BCUT2D eigenvalue weighted by Gasteiger charge is -2.24. The molecule has 0 bridgehead atoms. The van der Waals surface area contributed by atoms with Gasteiger partial charge in [0.15, 0.2) is 0 Å². The first-order valence-corrected chi connectivity index (χ1v) is 7.32. The number of hydrogen-bond donors (Lipinski definition) is 1. The molecule has 6 heteroatoms. The predicted octanol–water partition coefficient (Wildman–Crippen LogP) is 2.15. The molecule has 1 N–H and O–H groups in total. The van der Waals surface area contributed by atoms with Gasteiger partial charge in [0.2, 0.25) is 5.91 Å². The molecule has 0 aromatic rings. The Morgan fingerprint density at radius 1 is 1.45 bits per heavy atom. The van der Waals surface area contributed by atoms with Gasteiger partial charge in [-0.05, 0) is 25.7 Å². The van der Waals surface area contributed by atoms with Crippen molar-refractivity contribution < 1.29 is 14.7 Å². The summed E-state index contributed by atoms with van der Waals surface area (Å²) in [6.07, 6.45) is 5.34. The van der Waals surface area contributed by atoms with E-state index in [9.17, 15) is 9.59 Å². The average molecular weight is 281 g/mol. The molecule has 112 valence electrons. The van der Waals surface area contributed by atoms with Crippen LogP contribution >= 0.6 is 0 Å². The van der Waals surface area contributed by atoms with E-state index in [2.05, 4.69) is 5.10 Å². The van der Waals surface area contributed by atoms with Crippen molar-refractivity contribution in [1.29, 1.82) is 0 Å². The van der Waals surface area contributed by atoms with Crippen molar-refractivity contribution >= 4 is 17.7 Å². The van der Waals surface area contributed by atoms with Crippen molar-refractivity contribution in [2.24, 2.45) is 11.0 Å². The maximum Gasteiger partial charge on any atom is 0.407 e. The van der Waals surface area contributed by atoms with E-state index in [1.165, 1.54) is 44.1 Å². The second kappa shape index (κ2) is 6.24. The van der Waals surface area contributed by atoms with Gasteiger partial charge in [0, 0.05) is 13.6 Å². The Bertz CT molecular complexity index is 416. The first kappa shape index (κ1) is 14.8. The summed E-state index contributed by atoms with van der Waals surface area (Å²) in [7, 11) is 1.50. The van der Waals surface area contributed by atoms with Gasteiger partial charge in [-0.15, -0.1) is 0 Å². The van der Waals surface area contributed by atoms with Crippen LogP contribution in [0, 0.1) is 5.92 Å². The monoisotopic (exact) mass is 281 g/mol. The van der Waals surface area contributed by atoms with Gasteiger partial charge in [0.25, 0.3) is 0 Å². The molecular weight excluding hydrogens is 258 g/mol. The van der Waals surface area contributed by atoms with E-state index >= 15 is 0 Å². The van der Waals surface area contributed by atoms with Gasteiger partial charge in [-0.1, -0.05) is 19.3 Å². The zero-order valence-corrected chi connectivity index (χ0v) is 12.2. The van der Waals surface area contributed by atoms with Crippen molar-refractivity contribution in [2.45, 2.75) is 51.5 Å². The van der Waals surface area contributed by atoms with Crippen molar-refractivity contribution in [3.8, 4) is 0 Å². The van der Waals surface area contributed by atoms with Gasteiger partial charge in [-0.2, -0.15) is 5.10 Å². The molecule has 1 unspecified atom stereocenters. The minimum Gasteiger partial charge on any atom is -0.465 e. The van der Waals surface area contributed by atoms with Gasteiger partial charge < -0.3 is 10.0 Å². The zero-order valence-electron chi connectivity index (χ0n) is 12.2. The number of hydrazone groups is 1. The molecular formula is C14H23N3O3. The molecule has 0 aromatic heterocycles. The van der Waals surface area contributed by atoms with E-state index in [1.807, 2.05) is 0 Å². The van der Waals surface area contributed by atoms with Crippen LogP contribution in [0.15, 0.2) is 5.10 Å². The molecule has 1 aliphatic carbocycles. The third-order valence-corrected chi connectivity index (χ3v) is 4.39. The minimum atomic E-state index is -1.00. The fourth-order valence-corrected chi connectivity index (χ4v) is 2.87. The molecule has 1 saturated carbocycles. The van der Waals surface area contributed by atoms with Crippen LogP contribution in [0.3, 0.4) is 0 Å². The number of carbonyl (C=O) groups is 2. The second-order valence-corrected chi connectivity index (χ2v) is 5.82. The predicted molar refractivity (Wildman–Crippen MR) is 75.6 cm³/mol. The van der Waals surface area contributed by atoms with E-state index in [0.717, 1.165) is 0 Å². The molecule has 1 heterocycles. The van der Waals surface area contributed by atoms with Gasteiger partial charge in [-0.25, -0.2) is 9.80 Å². The fraction of sp³-hybridized carbons (Fsp3) is 0.786. The lowest BCUT2D eigenvalue weighted by atomic mass is 9.89. The van der Waals surface area contributed by atoms with E-state index in [1.54, 1.807) is 11.9 Å². The Hall–Kier alpha value is -1.59. The summed E-state index contributed by atoms with van der Waals surface area (Å²) >= 11 is 0. The molecule has 2 aliphatic rings.